The molecule has 0 heterocycles. The van der Waals surface area contributed by atoms with Crippen LogP contribution in [0.1, 0.15) is 34.6 Å². The third kappa shape index (κ3) is 4.42. The van der Waals surface area contributed by atoms with Gasteiger partial charge in [-0.15, -0.1) is 0 Å². The highest BCUT2D eigenvalue weighted by atomic mass is 32.2. The second-order valence-electron chi connectivity index (χ2n) is 5.70. The third-order valence-corrected chi connectivity index (χ3v) is 5.94. The molecule has 23 heavy (non-hydrogen) atoms. The summed E-state index contributed by atoms with van der Waals surface area (Å²) in [6.07, 6.45) is 0. The van der Waals surface area contributed by atoms with Crippen LogP contribution >= 0.6 is 0 Å². The Labute approximate surface area is 137 Å². The quantitative estimate of drug-likeness (QED) is 0.578. The molecule has 7 nitrogen and oxygen atoms in total. The van der Waals surface area contributed by atoms with Crippen LogP contribution in [0, 0.1) is 16.0 Å². The lowest BCUT2D eigenvalue weighted by Gasteiger charge is -2.20. The van der Waals surface area contributed by atoms with E-state index in [1.165, 1.54) is 16.4 Å². The van der Waals surface area contributed by atoms with Gasteiger partial charge in [0, 0.05) is 25.2 Å². The van der Waals surface area contributed by atoms with Crippen molar-refractivity contribution in [2.45, 2.75) is 45.6 Å². The van der Waals surface area contributed by atoms with E-state index in [-0.39, 0.29) is 22.5 Å². The summed E-state index contributed by atoms with van der Waals surface area (Å²) in [4.78, 5) is 10.7. The van der Waals surface area contributed by atoms with Gasteiger partial charge in [0.1, 0.15) is 5.69 Å². The van der Waals surface area contributed by atoms with E-state index in [0.29, 0.717) is 18.8 Å². The van der Waals surface area contributed by atoms with Crippen molar-refractivity contribution in [2.24, 2.45) is 5.92 Å². The van der Waals surface area contributed by atoms with Crippen molar-refractivity contribution in [1.82, 2.24) is 4.31 Å². The maximum absolute atomic E-state index is 12.5. The average Bonchev–Trinajstić information content (AvgIpc) is 2.47. The Morgan fingerprint density at radius 3 is 2.22 bits per heavy atom. The summed E-state index contributed by atoms with van der Waals surface area (Å²) in [7, 11) is -3.72. The zero-order chi connectivity index (χ0) is 17.8. The highest BCUT2D eigenvalue weighted by molar-refractivity contribution is 7.89. The molecule has 0 saturated carbocycles. The minimum Gasteiger partial charge on any atom is -0.377 e. The molecule has 1 aromatic carbocycles. The van der Waals surface area contributed by atoms with Crippen molar-refractivity contribution in [1.29, 1.82) is 0 Å². The summed E-state index contributed by atoms with van der Waals surface area (Å²) < 4.78 is 26.3. The second-order valence-corrected chi connectivity index (χ2v) is 7.64. The van der Waals surface area contributed by atoms with Crippen LogP contribution in [0.15, 0.2) is 23.1 Å². The molecular weight excluding hydrogens is 318 g/mol. The highest BCUT2D eigenvalue weighted by Gasteiger charge is 2.26. The fraction of sp³-hybridized carbons (Fsp3) is 0.600. The van der Waals surface area contributed by atoms with Gasteiger partial charge in [0.15, 0.2) is 0 Å². The van der Waals surface area contributed by atoms with Gasteiger partial charge in [0.05, 0.1) is 9.82 Å². The van der Waals surface area contributed by atoms with Crippen LogP contribution in [0.3, 0.4) is 0 Å². The largest absolute Gasteiger partial charge is 0.377 e. The highest BCUT2D eigenvalue weighted by Crippen LogP contribution is 2.30. The van der Waals surface area contributed by atoms with E-state index in [1.807, 2.05) is 20.8 Å². The third-order valence-electron chi connectivity index (χ3n) is 3.89. The molecule has 0 bridgehead atoms. The molecule has 0 amide bonds. The van der Waals surface area contributed by atoms with Crippen LogP contribution in [-0.4, -0.2) is 36.8 Å². The van der Waals surface area contributed by atoms with Crippen molar-refractivity contribution >= 4 is 21.4 Å². The molecule has 0 spiro atoms. The Morgan fingerprint density at radius 1 is 1.22 bits per heavy atom. The molecule has 0 aliphatic heterocycles. The predicted molar refractivity (Wildman–Crippen MR) is 91.1 cm³/mol. The Bertz CT molecular complexity index is 655. The first-order valence-electron chi connectivity index (χ1n) is 7.70. The van der Waals surface area contributed by atoms with E-state index in [2.05, 4.69) is 5.32 Å². The van der Waals surface area contributed by atoms with Gasteiger partial charge < -0.3 is 5.32 Å². The van der Waals surface area contributed by atoms with Gasteiger partial charge in [0.2, 0.25) is 10.0 Å². The van der Waals surface area contributed by atoms with E-state index in [9.17, 15) is 18.5 Å². The summed E-state index contributed by atoms with van der Waals surface area (Å²) in [5.41, 5.74) is 0.0976. The Kier molecular flexibility index (Phi) is 6.52. The molecule has 0 radical (unpaired) electrons. The van der Waals surface area contributed by atoms with Gasteiger partial charge >= 0.3 is 0 Å². The fourth-order valence-electron chi connectivity index (χ4n) is 2.07. The average molecular weight is 343 g/mol. The molecule has 130 valence electrons. The zero-order valence-electron chi connectivity index (χ0n) is 14.2. The van der Waals surface area contributed by atoms with Gasteiger partial charge in [-0.25, -0.2) is 8.42 Å². The lowest BCUT2D eigenvalue weighted by Crippen LogP contribution is -2.30. The van der Waals surface area contributed by atoms with Crippen molar-refractivity contribution < 1.29 is 13.3 Å². The Hall–Kier alpha value is -1.67. The second kappa shape index (κ2) is 7.74. The molecular formula is C15H25N3O4S. The number of anilines is 1. The van der Waals surface area contributed by atoms with Crippen molar-refractivity contribution in [2.75, 3.05) is 18.4 Å². The molecule has 0 aliphatic carbocycles. The molecule has 0 unspecified atom stereocenters. The number of hydrogen-bond donors (Lipinski definition) is 1. The summed E-state index contributed by atoms with van der Waals surface area (Å²) in [5, 5.41) is 14.4. The normalized spacial score (nSPS) is 13.3. The van der Waals surface area contributed by atoms with Crippen molar-refractivity contribution in [3.05, 3.63) is 28.3 Å². The first-order chi connectivity index (χ1) is 10.6. The molecule has 1 N–H and O–H groups in total. The molecule has 0 saturated heterocycles. The van der Waals surface area contributed by atoms with Gasteiger partial charge in [0.25, 0.3) is 5.69 Å². The van der Waals surface area contributed by atoms with Gasteiger partial charge in [-0.1, -0.05) is 27.7 Å². The van der Waals surface area contributed by atoms with Gasteiger partial charge in [-0.05, 0) is 25.0 Å². The maximum Gasteiger partial charge on any atom is 0.293 e. The van der Waals surface area contributed by atoms with Crippen LogP contribution in [0.4, 0.5) is 11.4 Å². The van der Waals surface area contributed by atoms with E-state index in [4.69, 9.17) is 0 Å². The number of nitrogens with zero attached hydrogens (tertiary/aromatic N) is 2. The smallest absolute Gasteiger partial charge is 0.293 e. The molecule has 1 rings (SSSR count). The minimum absolute atomic E-state index is 0.0268. The molecule has 8 heteroatoms. The van der Waals surface area contributed by atoms with Crippen molar-refractivity contribution in [3.63, 3.8) is 0 Å². The summed E-state index contributed by atoms with van der Waals surface area (Å²) in [6.45, 7) is 10.0. The van der Waals surface area contributed by atoms with E-state index in [0.717, 1.165) is 6.07 Å². The van der Waals surface area contributed by atoms with Crippen LogP contribution in [0.2, 0.25) is 0 Å². The monoisotopic (exact) mass is 343 g/mol. The van der Waals surface area contributed by atoms with Crippen LogP contribution in [0.5, 0.6) is 0 Å². The van der Waals surface area contributed by atoms with Crippen LogP contribution in [0.25, 0.3) is 0 Å². The maximum atomic E-state index is 12.5. The molecule has 1 atom stereocenters. The summed E-state index contributed by atoms with van der Waals surface area (Å²) in [5.74, 6) is 0.286. The van der Waals surface area contributed by atoms with Crippen LogP contribution in [-0.2, 0) is 10.0 Å². The van der Waals surface area contributed by atoms with Crippen LogP contribution < -0.4 is 5.32 Å². The summed E-state index contributed by atoms with van der Waals surface area (Å²) >= 11 is 0. The number of rotatable bonds is 8. The first kappa shape index (κ1) is 19.4. The molecule has 0 aromatic heterocycles. The van der Waals surface area contributed by atoms with Gasteiger partial charge in [-0.2, -0.15) is 4.31 Å². The predicted octanol–water partition coefficient (Wildman–Crippen LogP) is 3.08. The van der Waals surface area contributed by atoms with E-state index >= 15 is 0 Å². The number of hydrogen-bond acceptors (Lipinski definition) is 5. The number of nitrogens with one attached hydrogen (secondary N) is 1. The number of nitro groups is 1. The minimum atomic E-state index is -3.72. The topological polar surface area (TPSA) is 92.6 Å². The van der Waals surface area contributed by atoms with Gasteiger partial charge in [-0.3, -0.25) is 10.1 Å². The Balaban J connectivity index is 3.31. The summed E-state index contributed by atoms with van der Waals surface area (Å²) in [6, 6.07) is 4.03. The molecule has 0 fully saturated rings. The lowest BCUT2D eigenvalue weighted by atomic mass is 10.1. The SMILES string of the molecule is CCN(CC)S(=O)(=O)c1ccc(N[C@H](C)C(C)C)c([N+](=O)[O-])c1. The van der Waals surface area contributed by atoms with Crippen molar-refractivity contribution in [3.8, 4) is 0 Å². The zero-order valence-corrected chi connectivity index (χ0v) is 15.1. The molecule has 1 aromatic rings. The number of sulfonamides is 1. The number of nitro benzene ring substituents is 1. The van der Waals surface area contributed by atoms with E-state index < -0.39 is 14.9 Å². The standard InChI is InChI=1S/C15H25N3O4S/c1-6-17(7-2)23(21,22)13-8-9-14(15(10-13)18(19)20)16-12(5)11(3)4/h8-12,16H,6-7H2,1-5H3/t12-/m1/s1. The lowest BCUT2D eigenvalue weighted by molar-refractivity contribution is -0.384. The Morgan fingerprint density at radius 2 is 1.78 bits per heavy atom. The fourth-order valence-corrected chi connectivity index (χ4v) is 3.55. The number of benzene rings is 1. The first-order valence-corrected chi connectivity index (χ1v) is 9.14. The van der Waals surface area contributed by atoms with E-state index in [1.54, 1.807) is 13.8 Å². The molecule has 0 aliphatic rings.